The maximum absolute atomic E-state index is 5.47. The molecule has 0 saturated heterocycles. The predicted molar refractivity (Wildman–Crippen MR) is 176 cm³/mol. The fourth-order valence-electron chi connectivity index (χ4n) is 8.47. The third-order valence-corrected chi connectivity index (χ3v) is 10.7. The number of fused-ring (bicyclic) bond motifs is 3. The lowest BCUT2D eigenvalue weighted by atomic mass is 9.67. The summed E-state index contributed by atoms with van der Waals surface area (Å²) in [6.07, 6.45) is 40.6. The standard InChI is InChI=1S/C40H40N2/c1-2-8-27(9-3-1)33-21-22-36-37(26-38(42-39(36)25-33)34-20-15-28-10-4-5-11-32(28)24-34)30-18-16-29(17-19-30)35-14-6-12-31-13-7-23-41-40(31)35/h1-13,16,18,20,23-25,28,31,33,35-37,40H,14-15,17,19,21-22,26H2. The SMILES string of the molecule is C1=CC2=CC(C3=NC4=CC(c5ccccc5)CCC4C(C4=CC=C(C5CC=CC6C=CC=NC65)CC4)C3)=CCC2C=C1. The molecule has 7 atom stereocenters. The third-order valence-electron chi connectivity index (χ3n) is 10.7. The monoisotopic (exact) mass is 548 g/mol. The Labute approximate surface area is 250 Å². The number of allylic oxidation sites excluding steroid dienone is 15. The first-order valence-electron chi connectivity index (χ1n) is 16.2. The minimum absolute atomic E-state index is 0.371. The zero-order valence-electron chi connectivity index (χ0n) is 24.4. The van der Waals surface area contributed by atoms with E-state index >= 15 is 0 Å². The zero-order valence-corrected chi connectivity index (χ0v) is 24.4. The van der Waals surface area contributed by atoms with E-state index < -0.39 is 0 Å². The molecule has 0 fully saturated rings. The Morgan fingerprint density at radius 2 is 1.64 bits per heavy atom. The number of rotatable bonds is 4. The Bertz CT molecular complexity index is 1580. The van der Waals surface area contributed by atoms with E-state index in [0.717, 1.165) is 19.3 Å². The molecule has 0 radical (unpaired) electrons. The van der Waals surface area contributed by atoms with Crippen LogP contribution in [-0.2, 0) is 0 Å². The molecule has 7 aliphatic rings. The maximum Gasteiger partial charge on any atom is 0.0665 e. The van der Waals surface area contributed by atoms with Gasteiger partial charge < -0.3 is 0 Å². The van der Waals surface area contributed by atoms with Gasteiger partial charge in [0.05, 0.1) is 6.04 Å². The smallest absolute Gasteiger partial charge is 0.0665 e. The first-order chi connectivity index (χ1) is 20.8. The molecule has 0 amide bonds. The van der Waals surface area contributed by atoms with Crippen molar-refractivity contribution in [2.75, 3.05) is 0 Å². The highest BCUT2D eigenvalue weighted by atomic mass is 14.8. The van der Waals surface area contributed by atoms with E-state index in [4.69, 9.17) is 9.98 Å². The Balaban J connectivity index is 1.11. The van der Waals surface area contributed by atoms with E-state index in [9.17, 15) is 0 Å². The summed E-state index contributed by atoms with van der Waals surface area (Å²) in [4.78, 5) is 10.4. The van der Waals surface area contributed by atoms with Gasteiger partial charge in [-0.15, -0.1) is 0 Å². The summed E-state index contributed by atoms with van der Waals surface area (Å²) in [7, 11) is 0. The highest BCUT2D eigenvalue weighted by molar-refractivity contribution is 6.04. The van der Waals surface area contributed by atoms with Gasteiger partial charge in [0.15, 0.2) is 0 Å². The summed E-state index contributed by atoms with van der Waals surface area (Å²) in [5.41, 5.74) is 10.1. The van der Waals surface area contributed by atoms with Crippen molar-refractivity contribution in [2.45, 2.75) is 56.9 Å². The maximum atomic E-state index is 5.47. The van der Waals surface area contributed by atoms with Gasteiger partial charge in [0.1, 0.15) is 0 Å². The van der Waals surface area contributed by atoms with Crippen LogP contribution in [0.3, 0.4) is 0 Å². The largest absolute Gasteiger partial charge is 0.288 e. The van der Waals surface area contributed by atoms with E-state index in [1.54, 1.807) is 11.1 Å². The summed E-state index contributed by atoms with van der Waals surface area (Å²) in [6.45, 7) is 0. The molecule has 1 aromatic rings. The van der Waals surface area contributed by atoms with Crippen LogP contribution in [0.25, 0.3) is 0 Å². The van der Waals surface area contributed by atoms with Crippen molar-refractivity contribution in [3.05, 3.63) is 143 Å². The summed E-state index contributed by atoms with van der Waals surface area (Å²) in [5.74, 6) is 3.02. The van der Waals surface area contributed by atoms with E-state index in [2.05, 4.69) is 109 Å². The Morgan fingerprint density at radius 3 is 2.52 bits per heavy atom. The number of hydrogen-bond acceptors (Lipinski definition) is 2. The quantitative estimate of drug-likeness (QED) is 0.335. The average molecular weight is 549 g/mol. The highest BCUT2D eigenvalue weighted by Gasteiger charge is 2.38. The molecule has 0 bridgehead atoms. The number of benzene rings is 1. The van der Waals surface area contributed by atoms with Gasteiger partial charge in [-0.3, -0.25) is 9.98 Å². The second-order valence-electron chi connectivity index (χ2n) is 13.1. The third kappa shape index (κ3) is 4.85. The van der Waals surface area contributed by atoms with Crippen molar-refractivity contribution in [2.24, 2.45) is 39.6 Å². The van der Waals surface area contributed by atoms with Crippen molar-refractivity contribution >= 4 is 11.9 Å². The Hall–Kier alpha value is -3.78. The fraction of sp³-hybridized carbons (Fsp3) is 0.350. The van der Waals surface area contributed by atoms with Crippen LogP contribution in [0.2, 0.25) is 0 Å². The molecule has 2 heterocycles. The molecule has 2 heteroatoms. The van der Waals surface area contributed by atoms with E-state index in [-0.39, 0.29) is 0 Å². The molecule has 5 aliphatic carbocycles. The molecule has 210 valence electrons. The molecular formula is C40H40N2. The topological polar surface area (TPSA) is 24.7 Å². The summed E-state index contributed by atoms with van der Waals surface area (Å²) in [5, 5.41) is 0. The summed E-state index contributed by atoms with van der Waals surface area (Å²) < 4.78 is 0. The molecule has 0 N–H and O–H groups in total. The predicted octanol–water partition coefficient (Wildman–Crippen LogP) is 9.37. The van der Waals surface area contributed by atoms with Crippen LogP contribution in [0.1, 0.15) is 56.4 Å². The van der Waals surface area contributed by atoms with Gasteiger partial charge >= 0.3 is 0 Å². The van der Waals surface area contributed by atoms with Gasteiger partial charge in [-0.05, 0) is 79.7 Å². The van der Waals surface area contributed by atoms with Gasteiger partial charge in [-0.1, -0.05) is 108 Å². The molecule has 2 aliphatic heterocycles. The van der Waals surface area contributed by atoms with Crippen molar-refractivity contribution in [1.82, 2.24) is 0 Å². The van der Waals surface area contributed by atoms with Crippen molar-refractivity contribution in [3.8, 4) is 0 Å². The summed E-state index contributed by atoms with van der Waals surface area (Å²) in [6, 6.07) is 11.4. The average Bonchev–Trinajstić information content (AvgIpc) is 3.07. The van der Waals surface area contributed by atoms with Crippen LogP contribution in [0, 0.1) is 29.6 Å². The van der Waals surface area contributed by atoms with Crippen LogP contribution >= 0.6 is 0 Å². The van der Waals surface area contributed by atoms with Crippen LogP contribution in [0.15, 0.2) is 147 Å². The normalized spacial score (nSPS) is 34.6. The molecule has 0 spiro atoms. The molecule has 1 aromatic carbocycles. The first kappa shape index (κ1) is 25.9. The molecule has 8 rings (SSSR count). The van der Waals surface area contributed by atoms with Crippen LogP contribution in [-0.4, -0.2) is 18.0 Å². The second kappa shape index (κ2) is 11.1. The molecule has 2 nitrogen and oxygen atoms in total. The molecule has 42 heavy (non-hydrogen) atoms. The van der Waals surface area contributed by atoms with Crippen molar-refractivity contribution < 1.29 is 0 Å². The highest BCUT2D eigenvalue weighted by Crippen LogP contribution is 2.48. The number of dihydropyridines is 1. The van der Waals surface area contributed by atoms with Gasteiger partial charge in [0.25, 0.3) is 0 Å². The van der Waals surface area contributed by atoms with Gasteiger partial charge in [-0.25, -0.2) is 0 Å². The number of hydrogen-bond donors (Lipinski definition) is 0. The van der Waals surface area contributed by atoms with E-state index in [1.807, 2.05) is 6.21 Å². The minimum Gasteiger partial charge on any atom is -0.288 e. The van der Waals surface area contributed by atoms with Crippen molar-refractivity contribution in [1.29, 1.82) is 0 Å². The van der Waals surface area contributed by atoms with Crippen LogP contribution in [0.4, 0.5) is 0 Å². The minimum atomic E-state index is 0.371. The molecular weight excluding hydrogens is 508 g/mol. The van der Waals surface area contributed by atoms with Crippen molar-refractivity contribution in [3.63, 3.8) is 0 Å². The Kier molecular flexibility index (Phi) is 6.86. The molecule has 0 saturated carbocycles. The van der Waals surface area contributed by atoms with E-state index in [1.165, 1.54) is 53.8 Å². The number of nitrogens with zero attached hydrogens (tertiary/aromatic N) is 2. The second-order valence-corrected chi connectivity index (χ2v) is 13.1. The fourth-order valence-corrected chi connectivity index (χ4v) is 8.47. The lowest BCUT2D eigenvalue weighted by molar-refractivity contribution is 0.355. The molecule has 0 aromatic heterocycles. The van der Waals surface area contributed by atoms with Gasteiger partial charge in [0.2, 0.25) is 0 Å². The zero-order chi connectivity index (χ0) is 27.9. The summed E-state index contributed by atoms with van der Waals surface area (Å²) >= 11 is 0. The Morgan fingerprint density at radius 1 is 0.762 bits per heavy atom. The number of aliphatic imine (C=N–C) groups is 2. The van der Waals surface area contributed by atoms with E-state index in [0.29, 0.717) is 41.5 Å². The van der Waals surface area contributed by atoms with Crippen LogP contribution < -0.4 is 0 Å². The molecule has 7 unspecified atom stereocenters. The first-order valence-corrected chi connectivity index (χ1v) is 16.2. The van der Waals surface area contributed by atoms with Crippen LogP contribution in [0.5, 0.6) is 0 Å². The van der Waals surface area contributed by atoms with Gasteiger partial charge in [-0.2, -0.15) is 0 Å². The van der Waals surface area contributed by atoms with Gasteiger partial charge in [0, 0.05) is 47.2 Å². The lowest BCUT2D eigenvalue weighted by Gasteiger charge is -2.40. The lowest BCUT2D eigenvalue weighted by Crippen LogP contribution is -2.33.